The van der Waals surface area contributed by atoms with Gasteiger partial charge in [0.05, 0.1) is 0 Å². The predicted molar refractivity (Wildman–Crippen MR) is 54.1 cm³/mol. The van der Waals surface area contributed by atoms with Crippen LogP contribution in [0.4, 0.5) is 0 Å². The van der Waals surface area contributed by atoms with Gasteiger partial charge in [0.2, 0.25) is 5.69 Å². The molecule has 0 saturated carbocycles. The van der Waals surface area contributed by atoms with Crippen molar-refractivity contribution in [1.29, 1.82) is 0 Å². The summed E-state index contributed by atoms with van der Waals surface area (Å²) in [5, 5.41) is 7.19. The number of aromatic nitrogens is 3. The van der Waals surface area contributed by atoms with Gasteiger partial charge in [-0.2, -0.15) is 0 Å². The van der Waals surface area contributed by atoms with Crippen molar-refractivity contribution < 1.29 is 4.68 Å². The van der Waals surface area contributed by atoms with Crippen LogP contribution in [-0.4, -0.2) is 10.3 Å². The Hall–Kier alpha value is -1.64. The highest BCUT2D eigenvalue weighted by Crippen LogP contribution is 1.98. The van der Waals surface area contributed by atoms with E-state index in [-0.39, 0.29) is 0 Å². The lowest BCUT2D eigenvalue weighted by molar-refractivity contribution is -0.659. The summed E-state index contributed by atoms with van der Waals surface area (Å²) >= 11 is 0. The van der Waals surface area contributed by atoms with Crippen LogP contribution in [0.15, 0.2) is 36.5 Å². The van der Waals surface area contributed by atoms with E-state index in [0.29, 0.717) is 0 Å². The van der Waals surface area contributed by atoms with E-state index in [1.807, 2.05) is 41.2 Å². The zero-order valence-corrected chi connectivity index (χ0v) is 8.27. The summed E-state index contributed by atoms with van der Waals surface area (Å²) in [6.07, 6.45) is 4.19. The summed E-state index contributed by atoms with van der Waals surface area (Å²) in [6, 6.07) is 10.1. The number of nitrogens with one attached hydrogen (secondary N) is 1. The Morgan fingerprint density at radius 1 is 1.29 bits per heavy atom. The van der Waals surface area contributed by atoms with Crippen molar-refractivity contribution in [3.8, 4) is 5.69 Å². The average molecular weight is 188 g/mol. The van der Waals surface area contributed by atoms with Crippen LogP contribution in [0.25, 0.3) is 5.69 Å². The first-order chi connectivity index (χ1) is 6.90. The molecule has 1 N–H and O–H groups in total. The van der Waals surface area contributed by atoms with Gasteiger partial charge >= 0.3 is 0 Å². The van der Waals surface area contributed by atoms with Gasteiger partial charge in [-0.05, 0) is 18.6 Å². The van der Waals surface area contributed by atoms with Crippen molar-refractivity contribution in [2.75, 3.05) is 0 Å². The Morgan fingerprint density at radius 3 is 2.79 bits per heavy atom. The van der Waals surface area contributed by atoms with Crippen molar-refractivity contribution in [1.82, 2.24) is 10.3 Å². The maximum atomic E-state index is 4.22. The molecule has 3 heteroatoms. The zero-order chi connectivity index (χ0) is 9.80. The number of nitrogens with zero attached hydrogens (tertiary/aromatic N) is 2. The molecule has 0 radical (unpaired) electrons. The van der Waals surface area contributed by atoms with Crippen LogP contribution in [0.5, 0.6) is 0 Å². The van der Waals surface area contributed by atoms with Crippen molar-refractivity contribution >= 4 is 0 Å². The van der Waals surface area contributed by atoms with Gasteiger partial charge < -0.3 is 0 Å². The Labute approximate surface area is 83.4 Å². The van der Waals surface area contributed by atoms with Gasteiger partial charge in [0.25, 0.3) is 0 Å². The molecule has 2 rings (SSSR count). The Morgan fingerprint density at radius 2 is 2.07 bits per heavy atom. The largest absolute Gasteiger partial charge is 0.218 e. The van der Waals surface area contributed by atoms with Crippen molar-refractivity contribution in [2.45, 2.75) is 19.8 Å². The molecule has 0 atom stereocenters. The van der Waals surface area contributed by atoms with E-state index in [0.717, 1.165) is 24.2 Å². The van der Waals surface area contributed by atoms with Gasteiger partial charge in [-0.25, -0.2) is 0 Å². The minimum atomic E-state index is 1.02. The minimum absolute atomic E-state index is 1.02. The third kappa shape index (κ3) is 1.82. The van der Waals surface area contributed by atoms with Crippen molar-refractivity contribution in [3.05, 3.63) is 42.2 Å². The molecule has 1 aromatic carbocycles. The normalized spacial score (nSPS) is 10.4. The maximum absolute atomic E-state index is 4.22. The number of hydrogen-bond donors (Lipinski definition) is 1. The lowest BCUT2D eigenvalue weighted by atomic mass is 10.3. The predicted octanol–water partition coefficient (Wildman–Crippen LogP) is 1.64. The summed E-state index contributed by atoms with van der Waals surface area (Å²) in [6.45, 7) is 2.15. The fourth-order valence-electron chi connectivity index (χ4n) is 1.42. The molecule has 2 aromatic rings. The van der Waals surface area contributed by atoms with Gasteiger partial charge in [-0.3, -0.25) is 0 Å². The van der Waals surface area contributed by atoms with Gasteiger partial charge in [0.15, 0.2) is 11.9 Å². The number of aromatic amines is 1. The molecule has 0 spiro atoms. The molecule has 1 aromatic heterocycles. The van der Waals surface area contributed by atoms with Crippen LogP contribution < -0.4 is 4.68 Å². The Kier molecular flexibility index (Phi) is 2.58. The molecule has 3 nitrogen and oxygen atoms in total. The molecule has 14 heavy (non-hydrogen) atoms. The standard InChI is InChI=1S/C11H13N3/c1-2-6-10-9-14(13-12-10)11-7-4-3-5-8-11/h3-5,7-9H,2,6H2,1H3/p+1. The van der Waals surface area contributed by atoms with E-state index in [1.54, 1.807) is 0 Å². The lowest BCUT2D eigenvalue weighted by Crippen LogP contribution is -2.31. The summed E-state index contributed by atoms with van der Waals surface area (Å²) < 4.78 is 1.94. The van der Waals surface area contributed by atoms with Crippen LogP contribution >= 0.6 is 0 Å². The van der Waals surface area contributed by atoms with Gasteiger partial charge in [-0.1, -0.05) is 30.3 Å². The summed E-state index contributed by atoms with van der Waals surface area (Å²) in [4.78, 5) is 0. The quantitative estimate of drug-likeness (QED) is 0.730. The van der Waals surface area contributed by atoms with Crippen LogP contribution in [0, 0.1) is 0 Å². The van der Waals surface area contributed by atoms with Crippen LogP contribution in [0.1, 0.15) is 19.0 Å². The summed E-state index contributed by atoms with van der Waals surface area (Å²) in [5.41, 5.74) is 2.22. The smallest absolute Gasteiger partial charge is 0.128 e. The Bertz CT molecular complexity index is 392. The number of benzene rings is 1. The summed E-state index contributed by atoms with van der Waals surface area (Å²) in [7, 11) is 0. The number of para-hydroxylation sites is 1. The van der Waals surface area contributed by atoms with E-state index in [9.17, 15) is 0 Å². The van der Waals surface area contributed by atoms with Gasteiger partial charge in [0, 0.05) is 11.5 Å². The molecule has 72 valence electrons. The molecule has 0 bridgehead atoms. The number of H-pyrrole nitrogens is 1. The molecule has 0 unspecified atom stereocenters. The zero-order valence-electron chi connectivity index (χ0n) is 8.27. The molecule has 0 aliphatic rings. The van der Waals surface area contributed by atoms with Crippen molar-refractivity contribution in [2.24, 2.45) is 0 Å². The number of aryl methyl sites for hydroxylation is 1. The fraction of sp³-hybridized carbons (Fsp3) is 0.273. The first-order valence-corrected chi connectivity index (χ1v) is 4.91. The molecular formula is C11H14N3+. The molecule has 1 heterocycles. The highest BCUT2D eigenvalue weighted by atomic mass is 15.4. The number of rotatable bonds is 3. The molecule has 0 fully saturated rings. The first kappa shape index (κ1) is 8.94. The molecule has 0 saturated heterocycles. The second-order valence-electron chi connectivity index (χ2n) is 3.29. The topological polar surface area (TPSA) is 32.6 Å². The highest BCUT2D eigenvalue weighted by Gasteiger charge is 2.08. The first-order valence-electron chi connectivity index (χ1n) is 4.91. The van der Waals surface area contributed by atoms with Crippen LogP contribution in [0.2, 0.25) is 0 Å². The molecule has 0 aliphatic heterocycles. The molecular weight excluding hydrogens is 174 g/mol. The monoisotopic (exact) mass is 188 g/mol. The second kappa shape index (κ2) is 4.05. The molecule has 0 amide bonds. The van der Waals surface area contributed by atoms with Crippen molar-refractivity contribution in [3.63, 3.8) is 0 Å². The SMILES string of the molecule is CCCc1c[n+](-c2ccccc2)[nH]n1. The lowest BCUT2D eigenvalue weighted by Gasteiger charge is -1.90. The third-order valence-electron chi connectivity index (χ3n) is 2.12. The average Bonchev–Trinajstić information content (AvgIpc) is 2.68. The van der Waals surface area contributed by atoms with E-state index >= 15 is 0 Å². The van der Waals surface area contributed by atoms with E-state index in [1.165, 1.54) is 0 Å². The van der Waals surface area contributed by atoms with E-state index < -0.39 is 0 Å². The van der Waals surface area contributed by atoms with Gasteiger partial charge in [-0.15, -0.1) is 4.68 Å². The van der Waals surface area contributed by atoms with Crippen LogP contribution in [0.3, 0.4) is 0 Å². The second-order valence-corrected chi connectivity index (χ2v) is 3.29. The minimum Gasteiger partial charge on any atom is -0.128 e. The van der Waals surface area contributed by atoms with E-state index in [2.05, 4.69) is 17.2 Å². The fourth-order valence-corrected chi connectivity index (χ4v) is 1.42. The highest BCUT2D eigenvalue weighted by molar-refractivity contribution is 5.20. The number of hydrogen-bond acceptors (Lipinski definition) is 1. The molecule has 0 aliphatic carbocycles. The third-order valence-corrected chi connectivity index (χ3v) is 2.12. The van der Waals surface area contributed by atoms with Crippen LogP contribution in [-0.2, 0) is 6.42 Å². The van der Waals surface area contributed by atoms with E-state index in [4.69, 9.17) is 0 Å². The Balaban J connectivity index is 2.25. The maximum Gasteiger partial charge on any atom is 0.218 e. The summed E-state index contributed by atoms with van der Waals surface area (Å²) in [5.74, 6) is 0. The van der Waals surface area contributed by atoms with Gasteiger partial charge in [0.1, 0.15) is 0 Å².